The summed E-state index contributed by atoms with van der Waals surface area (Å²) in [7, 11) is 0. The van der Waals surface area contributed by atoms with Crippen molar-refractivity contribution in [3.05, 3.63) is 0 Å². The fraction of sp³-hybridized carbons (Fsp3) is 1.00. The zero-order valence-corrected chi connectivity index (χ0v) is 9.39. The summed E-state index contributed by atoms with van der Waals surface area (Å²) >= 11 is 0. The number of hydrogen-bond donors (Lipinski definition) is 2. The molecule has 3 N–H and O–H groups in total. The van der Waals surface area contributed by atoms with E-state index in [0.717, 1.165) is 18.4 Å². The second-order valence-corrected chi connectivity index (χ2v) is 5.57. The standard InChI is InChI=1S/C12H24N2/c1-12(9-13,8-11-4-5-11)14-7-6-10-2-3-10/h10-11,14H,2-9,13H2,1H3. The molecule has 0 spiro atoms. The maximum absolute atomic E-state index is 5.85. The van der Waals surface area contributed by atoms with E-state index in [2.05, 4.69) is 12.2 Å². The van der Waals surface area contributed by atoms with Gasteiger partial charge < -0.3 is 11.1 Å². The van der Waals surface area contributed by atoms with Crippen molar-refractivity contribution in [1.82, 2.24) is 5.32 Å². The lowest BCUT2D eigenvalue weighted by atomic mass is 9.94. The quantitative estimate of drug-likeness (QED) is 0.652. The Labute approximate surface area is 87.6 Å². The van der Waals surface area contributed by atoms with Crippen molar-refractivity contribution in [3.63, 3.8) is 0 Å². The molecular formula is C12H24N2. The Bertz CT molecular complexity index is 185. The SMILES string of the molecule is CC(CN)(CC1CC1)NCCC1CC1. The molecule has 0 amide bonds. The molecule has 82 valence electrons. The predicted octanol–water partition coefficient (Wildman–Crippen LogP) is 1.89. The molecule has 0 bridgehead atoms. The van der Waals surface area contributed by atoms with Gasteiger partial charge in [0.1, 0.15) is 0 Å². The molecule has 0 heterocycles. The van der Waals surface area contributed by atoms with Crippen LogP contribution in [0.2, 0.25) is 0 Å². The lowest BCUT2D eigenvalue weighted by Gasteiger charge is -2.29. The Morgan fingerprint density at radius 2 is 1.86 bits per heavy atom. The van der Waals surface area contributed by atoms with Crippen molar-refractivity contribution in [2.45, 2.75) is 51.0 Å². The van der Waals surface area contributed by atoms with E-state index in [1.54, 1.807) is 0 Å². The highest BCUT2D eigenvalue weighted by Gasteiger charge is 2.32. The van der Waals surface area contributed by atoms with Crippen LogP contribution >= 0.6 is 0 Å². The van der Waals surface area contributed by atoms with Crippen LogP contribution in [-0.2, 0) is 0 Å². The Morgan fingerprint density at radius 1 is 1.21 bits per heavy atom. The van der Waals surface area contributed by atoms with Gasteiger partial charge in [0.25, 0.3) is 0 Å². The molecule has 0 radical (unpaired) electrons. The van der Waals surface area contributed by atoms with Gasteiger partial charge in [-0.25, -0.2) is 0 Å². The summed E-state index contributed by atoms with van der Waals surface area (Å²) in [5.41, 5.74) is 6.07. The molecule has 14 heavy (non-hydrogen) atoms. The van der Waals surface area contributed by atoms with Crippen molar-refractivity contribution in [1.29, 1.82) is 0 Å². The van der Waals surface area contributed by atoms with Gasteiger partial charge in [-0.15, -0.1) is 0 Å². The van der Waals surface area contributed by atoms with Gasteiger partial charge in [-0.1, -0.05) is 25.7 Å². The third-order valence-electron chi connectivity index (χ3n) is 3.69. The highest BCUT2D eigenvalue weighted by Crippen LogP contribution is 2.37. The van der Waals surface area contributed by atoms with Crippen LogP contribution < -0.4 is 11.1 Å². The molecule has 2 saturated carbocycles. The van der Waals surface area contributed by atoms with Crippen molar-refractivity contribution in [3.8, 4) is 0 Å². The molecule has 0 saturated heterocycles. The van der Waals surface area contributed by atoms with Crippen molar-refractivity contribution < 1.29 is 0 Å². The van der Waals surface area contributed by atoms with Crippen LogP contribution in [0.3, 0.4) is 0 Å². The highest BCUT2D eigenvalue weighted by atomic mass is 15.0. The van der Waals surface area contributed by atoms with Crippen molar-refractivity contribution >= 4 is 0 Å². The molecule has 1 atom stereocenters. The first-order valence-corrected chi connectivity index (χ1v) is 6.17. The number of nitrogens with two attached hydrogens (primary N) is 1. The third kappa shape index (κ3) is 3.25. The summed E-state index contributed by atoms with van der Waals surface area (Å²) in [6.07, 6.45) is 8.43. The molecular weight excluding hydrogens is 172 g/mol. The van der Waals surface area contributed by atoms with Gasteiger partial charge in [-0.05, 0) is 38.1 Å². The fourth-order valence-electron chi connectivity index (χ4n) is 2.17. The largest absolute Gasteiger partial charge is 0.329 e. The van der Waals surface area contributed by atoms with Crippen molar-refractivity contribution in [2.24, 2.45) is 17.6 Å². The lowest BCUT2D eigenvalue weighted by molar-refractivity contribution is 0.319. The molecule has 0 aromatic heterocycles. The highest BCUT2D eigenvalue weighted by molar-refractivity contribution is 4.91. The molecule has 2 fully saturated rings. The fourth-order valence-corrected chi connectivity index (χ4v) is 2.17. The van der Waals surface area contributed by atoms with Gasteiger partial charge >= 0.3 is 0 Å². The second-order valence-electron chi connectivity index (χ2n) is 5.57. The molecule has 2 nitrogen and oxygen atoms in total. The zero-order chi connectivity index (χ0) is 10.0. The minimum Gasteiger partial charge on any atom is -0.329 e. The minimum atomic E-state index is 0.218. The molecule has 2 rings (SSSR count). The van der Waals surface area contributed by atoms with E-state index < -0.39 is 0 Å². The van der Waals surface area contributed by atoms with Crippen LogP contribution in [0.25, 0.3) is 0 Å². The van der Waals surface area contributed by atoms with E-state index in [1.165, 1.54) is 45.1 Å². The maximum Gasteiger partial charge on any atom is 0.0278 e. The first-order valence-electron chi connectivity index (χ1n) is 6.17. The Kier molecular flexibility index (Phi) is 3.13. The van der Waals surface area contributed by atoms with E-state index in [0.29, 0.717) is 0 Å². The first-order chi connectivity index (χ1) is 6.72. The summed E-state index contributed by atoms with van der Waals surface area (Å²) in [4.78, 5) is 0. The topological polar surface area (TPSA) is 38.0 Å². The summed E-state index contributed by atoms with van der Waals surface area (Å²) in [6, 6.07) is 0. The lowest BCUT2D eigenvalue weighted by Crippen LogP contribution is -2.49. The average Bonchev–Trinajstić information content (AvgIpc) is 2.98. The smallest absolute Gasteiger partial charge is 0.0278 e. The van der Waals surface area contributed by atoms with Gasteiger partial charge in [0, 0.05) is 12.1 Å². The van der Waals surface area contributed by atoms with Gasteiger partial charge in [0.05, 0.1) is 0 Å². The summed E-state index contributed by atoms with van der Waals surface area (Å²) < 4.78 is 0. The van der Waals surface area contributed by atoms with Crippen LogP contribution in [0.5, 0.6) is 0 Å². The summed E-state index contributed by atoms with van der Waals surface area (Å²) in [6.45, 7) is 4.25. The second kappa shape index (κ2) is 4.19. The molecule has 1 unspecified atom stereocenters. The van der Waals surface area contributed by atoms with Gasteiger partial charge in [-0.3, -0.25) is 0 Å². The van der Waals surface area contributed by atoms with E-state index in [9.17, 15) is 0 Å². The van der Waals surface area contributed by atoms with Crippen molar-refractivity contribution in [2.75, 3.05) is 13.1 Å². The van der Waals surface area contributed by atoms with Gasteiger partial charge in [0.15, 0.2) is 0 Å². The predicted molar refractivity (Wildman–Crippen MR) is 60.1 cm³/mol. The van der Waals surface area contributed by atoms with E-state index >= 15 is 0 Å². The average molecular weight is 196 g/mol. The molecule has 0 aromatic carbocycles. The van der Waals surface area contributed by atoms with Gasteiger partial charge in [0.2, 0.25) is 0 Å². The maximum atomic E-state index is 5.85. The van der Waals surface area contributed by atoms with Crippen LogP contribution in [0.15, 0.2) is 0 Å². The van der Waals surface area contributed by atoms with Crippen LogP contribution in [0.4, 0.5) is 0 Å². The van der Waals surface area contributed by atoms with E-state index in [-0.39, 0.29) is 5.54 Å². The Hall–Kier alpha value is -0.0800. The van der Waals surface area contributed by atoms with Crippen LogP contribution in [0.1, 0.15) is 45.4 Å². The molecule has 0 aromatic rings. The normalized spacial score (nSPS) is 26.1. The van der Waals surface area contributed by atoms with E-state index in [4.69, 9.17) is 5.73 Å². The first kappa shape index (κ1) is 10.4. The number of rotatable bonds is 7. The van der Waals surface area contributed by atoms with Crippen LogP contribution in [-0.4, -0.2) is 18.6 Å². The molecule has 2 aliphatic carbocycles. The molecule has 2 heteroatoms. The Morgan fingerprint density at radius 3 is 2.36 bits per heavy atom. The number of nitrogens with one attached hydrogen (secondary N) is 1. The molecule has 2 aliphatic rings. The number of hydrogen-bond acceptors (Lipinski definition) is 2. The van der Waals surface area contributed by atoms with Gasteiger partial charge in [-0.2, -0.15) is 0 Å². The van der Waals surface area contributed by atoms with Crippen LogP contribution in [0, 0.1) is 11.8 Å². The minimum absolute atomic E-state index is 0.218. The van der Waals surface area contributed by atoms with E-state index in [1.807, 2.05) is 0 Å². The summed E-state index contributed by atoms with van der Waals surface area (Å²) in [5, 5.41) is 3.66. The molecule has 0 aliphatic heterocycles. The Balaban J connectivity index is 1.65. The monoisotopic (exact) mass is 196 g/mol. The third-order valence-corrected chi connectivity index (χ3v) is 3.69. The zero-order valence-electron chi connectivity index (χ0n) is 9.39. The summed E-state index contributed by atoms with van der Waals surface area (Å²) in [5.74, 6) is 2.00.